The summed E-state index contributed by atoms with van der Waals surface area (Å²) in [7, 11) is 1.98. The van der Waals surface area contributed by atoms with E-state index in [1.54, 1.807) is 0 Å². The molecule has 0 aliphatic heterocycles. The second kappa shape index (κ2) is 5.87. The highest BCUT2D eigenvalue weighted by atomic mass is 15.2. The Morgan fingerprint density at radius 3 is 2.39 bits per heavy atom. The van der Waals surface area contributed by atoms with Gasteiger partial charge in [-0.15, -0.1) is 0 Å². The van der Waals surface area contributed by atoms with Crippen molar-refractivity contribution in [3.63, 3.8) is 0 Å². The maximum atomic E-state index is 4.51. The molecule has 0 spiro atoms. The molecule has 1 aromatic rings. The molecule has 1 aromatic heterocycles. The molecule has 18 heavy (non-hydrogen) atoms. The second-order valence-electron chi connectivity index (χ2n) is 6.82. The number of nitrogens with zero attached hydrogens (tertiary/aromatic N) is 2. The average Bonchev–Trinajstić information content (AvgIpc) is 2.60. The number of hydrogen-bond donors (Lipinski definition) is 1. The van der Waals surface area contributed by atoms with E-state index in [0.29, 0.717) is 0 Å². The SMILES string of the molecule is CCCC(C)(CNC(C)(C)C)Cc1ccn(C)n1. The quantitative estimate of drug-likeness (QED) is 0.841. The number of hydrogen-bond acceptors (Lipinski definition) is 2. The van der Waals surface area contributed by atoms with Gasteiger partial charge in [0, 0.05) is 25.3 Å². The lowest BCUT2D eigenvalue weighted by Gasteiger charge is -2.33. The lowest BCUT2D eigenvalue weighted by molar-refractivity contribution is 0.241. The number of nitrogens with one attached hydrogen (secondary N) is 1. The van der Waals surface area contributed by atoms with Gasteiger partial charge in [-0.3, -0.25) is 4.68 Å². The predicted octanol–water partition coefficient (Wildman–Crippen LogP) is 3.16. The van der Waals surface area contributed by atoms with Gasteiger partial charge in [0.2, 0.25) is 0 Å². The predicted molar refractivity (Wildman–Crippen MR) is 77.7 cm³/mol. The Morgan fingerprint density at radius 2 is 1.94 bits per heavy atom. The molecule has 0 bridgehead atoms. The lowest BCUT2D eigenvalue weighted by atomic mass is 9.80. The molecule has 3 heteroatoms. The molecule has 1 N–H and O–H groups in total. The van der Waals surface area contributed by atoms with E-state index in [1.165, 1.54) is 18.5 Å². The summed E-state index contributed by atoms with van der Waals surface area (Å²) in [4.78, 5) is 0. The van der Waals surface area contributed by atoms with Crippen molar-refractivity contribution >= 4 is 0 Å². The summed E-state index contributed by atoms with van der Waals surface area (Å²) in [5.74, 6) is 0. The summed E-state index contributed by atoms with van der Waals surface area (Å²) in [6.45, 7) is 12.3. The first-order valence-electron chi connectivity index (χ1n) is 6.98. The fourth-order valence-corrected chi connectivity index (χ4v) is 2.32. The van der Waals surface area contributed by atoms with Crippen LogP contribution in [0.5, 0.6) is 0 Å². The molecule has 0 saturated heterocycles. The van der Waals surface area contributed by atoms with Crippen LogP contribution in [0.25, 0.3) is 0 Å². The van der Waals surface area contributed by atoms with Crippen LogP contribution < -0.4 is 5.32 Å². The molecule has 1 rings (SSSR count). The molecule has 0 amide bonds. The highest BCUT2D eigenvalue weighted by Gasteiger charge is 2.26. The zero-order valence-electron chi connectivity index (χ0n) is 12.9. The van der Waals surface area contributed by atoms with E-state index in [2.05, 4.69) is 51.1 Å². The molecule has 1 unspecified atom stereocenters. The molecule has 0 saturated carbocycles. The first-order valence-corrected chi connectivity index (χ1v) is 6.98. The highest BCUT2D eigenvalue weighted by molar-refractivity contribution is 5.03. The number of aromatic nitrogens is 2. The van der Waals surface area contributed by atoms with Gasteiger partial charge < -0.3 is 5.32 Å². The molecule has 3 nitrogen and oxygen atoms in total. The van der Waals surface area contributed by atoms with Crippen molar-refractivity contribution in [2.45, 2.75) is 59.4 Å². The third-order valence-corrected chi connectivity index (χ3v) is 3.28. The van der Waals surface area contributed by atoms with E-state index in [-0.39, 0.29) is 11.0 Å². The number of aryl methyl sites for hydroxylation is 1. The van der Waals surface area contributed by atoms with Gasteiger partial charge in [-0.05, 0) is 45.1 Å². The molecular formula is C15H29N3. The summed E-state index contributed by atoms with van der Waals surface area (Å²) in [6.07, 6.45) is 5.52. The average molecular weight is 251 g/mol. The molecular weight excluding hydrogens is 222 g/mol. The van der Waals surface area contributed by atoms with Gasteiger partial charge >= 0.3 is 0 Å². The molecule has 0 radical (unpaired) electrons. The molecule has 0 aliphatic rings. The van der Waals surface area contributed by atoms with E-state index in [0.717, 1.165) is 13.0 Å². The van der Waals surface area contributed by atoms with Crippen LogP contribution in [-0.4, -0.2) is 21.9 Å². The Bertz CT molecular complexity index is 362. The third-order valence-electron chi connectivity index (χ3n) is 3.28. The van der Waals surface area contributed by atoms with Gasteiger partial charge in [-0.1, -0.05) is 20.3 Å². The zero-order valence-corrected chi connectivity index (χ0v) is 12.9. The van der Waals surface area contributed by atoms with Gasteiger partial charge in [-0.2, -0.15) is 5.10 Å². The van der Waals surface area contributed by atoms with E-state index in [1.807, 2.05) is 17.9 Å². The van der Waals surface area contributed by atoms with Crippen molar-refractivity contribution in [3.05, 3.63) is 18.0 Å². The van der Waals surface area contributed by atoms with Crippen molar-refractivity contribution < 1.29 is 0 Å². The summed E-state index contributed by atoms with van der Waals surface area (Å²) in [5, 5.41) is 8.15. The summed E-state index contributed by atoms with van der Waals surface area (Å²) in [6, 6.07) is 2.13. The minimum atomic E-state index is 0.180. The van der Waals surface area contributed by atoms with Crippen molar-refractivity contribution in [1.82, 2.24) is 15.1 Å². The molecule has 0 aliphatic carbocycles. The third kappa shape index (κ3) is 5.21. The standard InChI is InChI=1S/C15H29N3/c1-7-9-15(5,12-16-14(2,3)4)11-13-8-10-18(6)17-13/h8,10,16H,7,9,11-12H2,1-6H3. The zero-order chi connectivity index (χ0) is 13.8. The monoisotopic (exact) mass is 251 g/mol. The van der Waals surface area contributed by atoms with Crippen molar-refractivity contribution in [1.29, 1.82) is 0 Å². The summed E-state index contributed by atoms with van der Waals surface area (Å²) in [5.41, 5.74) is 1.67. The summed E-state index contributed by atoms with van der Waals surface area (Å²) < 4.78 is 1.89. The summed E-state index contributed by atoms with van der Waals surface area (Å²) >= 11 is 0. The molecule has 0 aromatic carbocycles. The van der Waals surface area contributed by atoms with E-state index in [9.17, 15) is 0 Å². The first kappa shape index (κ1) is 15.2. The fraction of sp³-hybridized carbons (Fsp3) is 0.800. The van der Waals surface area contributed by atoms with Crippen LogP contribution in [0.4, 0.5) is 0 Å². The van der Waals surface area contributed by atoms with Gasteiger partial charge in [-0.25, -0.2) is 0 Å². The molecule has 1 atom stereocenters. The van der Waals surface area contributed by atoms with Gasteiger partial charge in [0.15, 0.2) is 0 Å². The van der Waals surface area contributed by atoms with Gasteiger partial charge in [0.05, 0.1) is 5.69 Å². The molecule has 104 valence electrons. The van der Waals surface area contributed by atoms with Crippen LogP contribution in [0.15, 0.2) is 12.3 Å². The van der Waals surface area contributed by atoms with Gasteiger partial charge in [0.1, 0.15) is 0 Å². The van der Waals surface area contributed by atoms with E-state index >= 15 is 0 Å². The smallest absolute Gasteiger partial charge is 0.0630 e. The van der Waals surface area contributed by atoms with E-state index in [4.69, 9.17) is 0 Å². The highest BCUT2D eigenvalue weighted by Crippen LogP contribution is 2.27. The molecule has 1 heterocycles. The van der Waals surface area contributed by atoms with Gasteiger partial charge in [0.25, 0.3) is 0 Å². The normalized spacial score (nSPS) is 15.7. The Balaban J connectivity index is 2.67. The Hall–Kier alpha value is -0.830. The van der Waals surface area contributed by atoms with Crippen LogP contribution in [0, 0.1) is 5.41 Å². The van der Waals surface area contributed by atoms with Crippen molar-refractivity contribution in [2.75, 3.05) is 6.54 Å². The largest absolute Gasteiger partial charge is 0.312 e. The van der Waals surface area contributed by atoms with Crippen molar-refractivity contribution in [2.24, 2.45) is 12.5 Å². The maximum Gasteiger partial charge on any atom is 0.0630 e. The van der Waals surface area contributed by atoms with Crippen LogP contribution in [-0.2, 0) is 13.5 Å². The first-order chi connectivity index (χ1) is 8.24. The number of rotatable bonds is 6. The van der Waals surface area contributed by atoms with E-state index < -0.39 is 0 Å². The van der Waals surface area contributed by atoms with Crippen LogP contribution >= 0.6 is 0 Å². The lowest BCUT2D eigenvalue weighted by Crippen LogP contribution is -2.43. The Morgan fingerprint density at radius 1 is 1.28 bits per heavy atom. The van der Waals surface area contributed by atoms with Crippen LogP contribution in [0.1, 0.15) is 53.2 Å². The molecule has 0 fully saturated rings. The Labute approximate surface area is 112 Å². The van der Waals surface area contributed by atoms with Crippen LogP contribution in [0.3, 0.4) is 0 Å². The maximum absolute atomic E-state index is 4.51. The van der Waals surface area contributed by atoms with Crippen LogP contribution in [0.2, 0.25) is 0 Å². The Kier molecular flexibility index (Phi) is 4.97. The topological polar surface area (TPSA) is 29.9 Å². The fourth-order valence-electron chi connectivity index (χ4n) is 2.32. The minimum Gasteiger partial charge on any atom is -0.312 e. The van der Waals surface area contributed by atoms with Crippen molar-refractivity contribution in [3.8, 4) is 0 Å². The minimum absolute atomic E-state index is 0.180. The second-order valence-corrected chi connectivity index (χ2v) is 6.82.